The molecule has 2 N–H and O–H groups in total. The van der Waals surface area contributed by atoms with Gasteiger partial charge in [-0.1, -0.05) is 19.3 Å². The Kier molecular flexibility index (Phi) is 5.10. The molecule has 2 heterocycles. The minimum absolute atomic E-state index is 0.0529. The molecule has 126 valence electrons. The average molecular weight is 317 g/mol. The maximum Gasteiger partial charge on any atom is 0.223 e. The van der Waals surface area contributed by atoms with Crippen molar-refractivity contribution in [3.8, 4) is 0 Å². The fourth-order valence-electron chi connectivity index (χ4n) is 3.83. The van der Waals surface area contributed by atoms with Crippen molar-refractivity contribution in [2.45, 2.75) is 38.5 Å². The highest BCUT2D eigenvalue weighted by atomic mass is 16.2. The van der Waals surface area contributed by atoms with E-state index in [4.69, 9.17) is 5.73 Å². The smallest absolute Gasteiger partial charge is 0.223 e. The summed E-state index contributed by atoms with van der Waals surface area (Å²) in [6, 6.07) is 3.86. The highest BCUT2D eigenvalue weighted by Gasteiger charge is 2.35. The lowest BCUT2D eigenvalue weighted by molar-refractivity contribution is -0.134. The van der Waals surface area contributed by atoms with E-state index in [0.29, 0.717) is 13.0 Å². The maximum atomic E-state index is 12.7. The predicted molar refractivity (Wildman–Crippen MR) is 90.0 cm³/mol. The van der Waals surface area contributed by atoms with Crippen LogP contribution in [0.1, 0.15) is 38.5 Å². The summed E-state index contributed by atoms with van der Waals surface area (Å²) in [7, 11) is 0. The van der Waals surface area contributed by atoms with Crippen molar-refractivity contribution in [1.29, 1.82) is 0 Å². The fraction of sp³-hybridized carbons (Fsp3) is 0.706. The molecule has 0 aromatic carbocycles. The van der Waals surface area contributed by atoms with Gasteiger partial charge in [-0.15, -0.1) is 5.10 Å². The van der Waals surface area contributed by atoms with E-state index in [1.54, 1.807) is 6.20 Å². The number of amides is 1. The zero-order valence-corrected chi connectivity index (χ0v) is 13.8. The molecule has 0 bridgehead atoms. The molecular formula is C17H27N5O. The topological polar surface area (TPSA) is 75.4 Å². The Hall–Kier alpha value is -1.69. The summed E-state index contributed by atoms with van der Waals surface area (Å²) < 4.78 is 0. The zero-order valence-electron chi connectivity index (χ0n) is 13.8. The van der Waals surface area contributed by atoms with E-state index in [1.165, 1.54) is 19.3 Å². The third-order valence-electron chi connectivity index (χ3n) is 5.39. The molecule has 2 fully saturated rings. The molecule has 1 aliphatic heterocycles. The molecule has 1 aromatic rings. The Morgan fingerprint density at radius 1 is 1.17 bits per heavy atom. The molecule has 0 spiro atoms. The number of hydrogen-bond donors (Lipinski definition) is 1. The third kappa shape index (κ3) is 3.80. The first-order valence-electron chi connectivity index (χ1n) is 8.73. The molecule has 1 amide bonds. The highest BCUT2D eigenvalue weighted by Crippen LogP contribution is 2.38. The molecular weight excluding hydrogens is 290 g/mol. The Bertz CT molecular complexity index is 507. The molecule has 6 heteroatoms. The van der Waals surface area contributed by atoms with Gasteiger partial charge < -0.3 is 15.5 Å². The van der Waals surface area contributed by atoms with E-state index in [-0.39, 0.29) is 11.3 Å². The Labute approximate surface area is 138 Å². The van der Waals surface area contributed by atoms with E-state index in [2.05, 4.69) is 15.1 Å². The molecule has 1 aromatic heterocycles. The first-order chi connectivity index (χ1) is 11.2. The Morgan fingerprint density at radius 2 is 1.91 bits per heavy atom. The molecule has 1 aliphatic carbocycles. The molecule has 6 nitrogen and oxygen atoms in total. The summed E-state index contributed by atoms with van der Waals surface area (Å²) in [4.78, 5) is 16.9. The molecule has 0 radical (unpaired) electrons. The summed E-state index contributed by atoms with van der Waals surface area (Å²) in [6.07, 6.45) is 8.22. The van der Waals surface area contributed by atoms with Gasteiger partial charge >= 0.3 is 0 Å². The lowest BCUT2D eigenvalue weighted by Crippen LogP contribution is -2.50. The summed E-state index contributed by atoms with van der Waals surface area (Å²) in [5, 5.41) is 8.07. The van der Waals surface area contributed by atoms with Crippen LogP contribution >= 0.6 is 0 Å². The van der Waals surface area contributed by atoms with E-state index >= 15 is 0 Å². The Morgan fingerprint density at radius 3 is 2.52 bits per heavy atom. The van der Waals surface area contributed by atoms with Crippen LogP contribution in [0.25, 0.3) is 0 Å². The van der Waals surface area contributed by atoms with Gasteiger partial charge in [0, 0.05) is 38.8 Å². The number of nitrogens with zero attached hydrogens (tertiary/aromatic N) is 4. The maximum absolute atomic E-state index is 12.7. The van der Waals surface area contributed by atoms with Crippen LogP contribution < -0.4 is 10.6 Å². The number of nitrogens with two attached hydrogens (primary N) is 1. The van der Waals surface area contributed by atoms with E-state index in [1.807, 2.05) is 17.0 Å². The molecule has 23 heavy (non-hydrogen) atoms. The predicted octanol–water partition coefficient (Wildman–Crippen LogP) is 1.42. The number of carbonyl (C=O) groups is 1. The van der Waals surface area contributed by atoms with E-state index in [0.717, 1.165) is 44.8 Å². The molecule has 3 rings (SSSR count). The van der Waals surface area contributed by atoms with Crippen LogP contribution in [-0.2, 0) is 4.79 Å². The highest BCUT2D eigenvalue weighted by molar-refractivity contribution is 5.77. The first kappa shape index (κ1) is 16.2. The fourth-order valence-corrected chi connectivity index (χ4v) is 3.83. The van der Waals surface area contributed by atoms with Gasteiger partial charge in [-0.05, 0) is 36.9 Å². The number of hydrogen-bond acceptors (Lipinski definition) is 5. The first-order valence-corrected chi connectivity index (χ1v) is 8.73. The van der Waals surface area contributed by atoms with Crippen LogP contribution in [0.4, 0.5) is 5.82 Å². The second-order valence-corrected chi connectivity index (χ2v) is 6.89. The molecule has 0 atom stereocenters. The van der Waals surface area contributed by atoms with Gasteiger partial charge in [0.2, 0.25) is 5.91 Å². The normalized spacial score (nSPS) is 21.3. The van der Waals surface area contributed by atoms with Gasteiger partial charge in [0.25, 0.3) is 0 Å². The number of carbonyl (C=O) groups excluding carboxylic acids is 1. The zero-order chi connectivity index (χ0) is 16.1. The van der Waals surface area contributed by atoms with Gasteiger partial charge in [0.15, 0.2) is 5.82 Å². The van der Waals surface area contributed by atoms with Gasteiger partial charge in [0.05, 0.1) is 0 Å². The van der Waals surface area contributed by atoms with Gasteiger partial charge in [-0.3, -0.25) is 4.79 Å². The SMILES string of the molecule is NCC1(CC(=O)N2CCN(c3cccnn3)CC2)CCCCC1. The minimum Gasteiger partial charge on any atom is -0.352 e. The summed E-state index contributed by atoms with van der Waals surface area (Å²) in [6.45, 7) is 3.80. The van der Waals surface area contributed by atoms with Crippen LogP contribution in [0.3, 0.4) is 0 Å². The second kappa shape index (κ2) is 7.25. The summed E-state index contributed by atoms with van der Waals surface area (Å²) in [5.41, 5.74) is 6.07. The minimum atomic E-state index is 0.0529. The molecule has 2 aliphatic rings. The van der Waals surface area contributed by atoms with Crippen molar-refractivity contribution in [3.63, 3.8) is 0 Å². The monoisotopic (exact) mass is 317 g/mol. The van der Waals surface area contributed by atoms with Crippen LogP contribution in [0.15, 0.2) is 18.3 Å². The molecule has 0 unspecified atom stereocenters. The third-order valence-corrected chi connectivity index (χ3v) is 5.39. The van der Waals surface area contributed by atoms with E-state index < -0.39 is 0 Å². The lowest BCUT2D eigenvalue weighted by Gasteiger charge is -2.40. The van der Waals surface area contributed by atoms with Crippen molar-refractivity contribution >= 4 is 11.7 Å². The quantitative estimate of drug-likeness (QED) is 0.909. The van der Waals surface area contributed by atoms with Crippen LogP contribution in [0.2, 0.25) is 0 Å². The van der Waals surface area contributed by atoms with Gasteiger partial charge in [0.1, 0.15) is 0 Å². The standard InChI is InChI=1S/C17H27N5O/c18-14-17(6-2-1-3-7-17)13-16(23)22-11-9-21(10-12-22)15-5-4-8-19-20-15/h4-5,8H,1-3,6-7,9-14,18H2. The van der Waals surface area contributed by atoms with Crippen molar-refractivity contribution < 1.29 is 4.79 Å². The lowest BCUT2D eigenvalue weighted by atomic mass is 9.71. The van der Waals surface area contributed by atoms with Gasteiger partial charge in [-0.2, -0.15) is 5.10 Å². The van der Waals surface area contributed by atoms with Crippen molar-refractivity contribution in [2.75, 3.05) is 37.6 Å². The average Bonchev–Trinajstić information content (AvgIpc) is 2.63. The van der Waals surface area contributed by atoms with Crippen LogP contribution in [0.5, 0.6) is 0 Å². The van der Waals surface area contributed by atoms with Crippen LogP contribution in [-0.4, -0.2) is 53.7 Å². The number of anilines is 1. The number of rotatable bonds is 4. The number of aromatic nitrogens is 2. The largest absolute Gasteiger partial charge is 0.352 e. The molecule has 1 saturated heterocycles. The second-order valence-electron chi connectivity index (χ2n) is 6.89. The number of piperazine rings is 1. The van der Waals surface area contributed by atoms with Crippen LogP contribution in [0, 0.1) is 5.41 Å². The summed E-state index contributed by atoms with van der Waals surface area (Å²) >= 11 is 0. The van der Waals surface area contributed by atoms with Crippen molar-refractivity contribution in [2.24, 2.45) is 11.1 Å². The summed E-state index contributed by atoms with van der Waals surface area (Å²) in [5.74, 6) is 1.17. The molecule has 1 saturated carbocycles. The van der Waals surface area contributed by atoms with Crippen molar-refractivity contribution in [3.05, 3.63) is 18.3 Å². The Balaban J connectivity index is 1.54. The van der Waals surface area contributed by atoms with Crippen molar-refractivity contribution in [1.82, 2.24) is 15.1 Å². The van der Waals surface area contributed by atoms with Gasteiger partial charge in [-0.25, -0.2) is 0 Å². The van der Waals surface area contributed by atoms with E-state index in [9.17, 15) is 4.79 Å².